The second kappa shape index (κ2) is 5.94. The number of aliphatic hydroxyl groups is 1. The van der Waals surface area contributed by atoms with E-state index < -0.39 is 15.6 Å². The maximum atomic E-state index is 12.1. The number of hydrogen-bond donors (Lipinski definition) is 2. The number of anilines is 1. The molecule has 0 radical (unpaired) electrons. The number of hydrogen-bond acceptors (Lipinski definition) is 4. The molecule has 0 heterocycles. The van der Waals surface area contributed by atoms with Crippen molar-refractivity contribution in [3.8, 4) is 0 Å². The Morgan fingerprint density at radius 3 is 2.29 bits per heavy atom. The predicted molar refractivity (Wildman–Crippen MR) is 84.0 cm³/mol. The molecule has 1 aliphatic carbocycles. The maximum Gasteiger partial charge on any atom is 0.240 e. The Morgan fingerprint density at radius 2 is 1.86 bits per heavy atom. The zero-order valence-electron chi connectivity index (χ0n) is 12.8. The molecule has 0 spiro atoms. The summed E-state index contributed by atoms with van der Waals surface area (Å²) in [5.41, 5.74) is 0.110. The molecular weight excluding hydrogens is 288 g/mol. The summed E-state index contributed by atoms with van der Waals surface area (Å²) in [5.74, 6) is 0. The van der Waals surface area contributed by atoms with Crippen molar-refractivity contribution in [1.82, 2.24) is 4.72 Å². The number of nitrogens with one attached hydrogen (secondary N) is 1. The second-order valence-electron chi connectivity index (χ2n) is 6.22. The fourth-order valence-corrected chi connectivity index (χ4v) is 3.48. The molecule has 2 N–H and O–H groups in total. The van der Waals surface area contributed by atoms with Gasteiger partial charge in [0.25, 0.3) is 0 Å². The molecule has 1 aromatic carbocycles. The Labute approximate surface area is 127 Å². The first-order chi connectivity index (χ1) is 9.71. The van der Waals surface area contributed by atoms with Crippen LogP contribution >= 0.6 is 0 Å². The third kappa shape index (κ3) is 4.69. The summed E-state index contributed by atoms with van der Waals surface area (Å²) in [6.07, 6.45) is 1.85. The minimum Gasteiger partial charge on any atom is -0.389 e. The number of benzene rings is 1. The lowest BCUT2D eigenvalue weighted by Crippen LogP contribution is -2.38. The van der Waals surface area contributed by atoms with Crippen LogP contribution in [-0.4, -0.2) is 38.3 Å². The van der Waals surface area contributed by atoms with Crippen LogP contribution in [0.1, 0.15) is 33.6 Å². The van der Waals surface area contributed by atoms with Crippen molar-refractivity contribution in [2.45, 2.75) is 50.2 Å². The highest BCUT2D eigenvalue weighted by Gasteiger charge is 2.28. The first-order valence-electron chi connectivity index (χ1n) is 7.31. The Hall–Kier alpha value is -1.11. The van der Waals surface area contributed by atoms with Crippen LogP contribution in [0, 0.1) is 0 Å². The average molecular weight is 312 g/mol. The smallest absolute Gasteiger partial charge is 0.240 e. The van der Waals surface area contributed by atoms with Gasteiger partial charge in [-0.3, -0.25) is 0 Å². The van der Waals surface area contributed by atoms with E-state index in [9.17, 15) is 13.5 Å². The molecule has 1 saturated carbocycles. The molecule has 21 heavy (non-hydrogen) atoms. The zero-order valence-corrected chi connectivity index (χ0v) is 13.7. The average Bonchev–Trinajstić information content (AvgIpc) is 3.18. The van der Waals surface area contributed by atoms with E-state index in [0.717, 1.165) is 25.1 Å². The molecule has 0 aliphatic heterocycles. The van der Waals surface area contributed by atoms with Crippen molar-refractivity contribution < 1.29 is 13.5 Å². The van der Waals surface area contributed by atoms with E-state index in [4.69, 9.17) is 0 Å². The first kappa shape index (κ1) is 16.3. The second-order valence-corrected chi connectivity index (χ2v) is 7.93. The van der Waals surface area contributed by atoms with Gasteiger partial charge in [0.1, 0.15) is 0 Å². The summed E-state index contributed by atoms with van der Waals surface area (Å²) in [6, 6.07) is 6.92. The van der Waals surface area contributed by atoms with Gasteiger partial charge in [-0.05, 0) is 57.9 Å². The number of rotatable bonds is 7. The van der Waals surface area contributed by atoms with Gasteiger partial charge in [0.2, 0.25) is 10.0 Å². The molecule has 0 unspecified atom stereocenters. The van der Waals surface area contributed by atoms with Crippen LogP contribution in [0.5, 0.6) is 0 Å². The lowest BCUT2D eigenvalue weighted by atomic mass is 10.1. The highest BCUT2D eigenvalue weighted by Crippen LogP contribution is 2.24. The van der Waals surface area contributed by atoms with Crippen molar-refractivity contribution in [2.75, 3.05) is 18.0 Å². The van der Waals surface area contributed by atoms with Crippen LogP contribution in [0.15, 0.2) is 29.2 Å². The van der Waals surface area contributed by atoms with Crippen LogP contribution in [0.4, 0.5) is 5.69 Å². The topological polar surface area (TPSA) is 69.6 Å². The molecule has 1 aromatic rings. The van der Waals surface area contributed by atoms with E-state index in [1.807, 2.05) is 11.8 Å². The van der Waals surface area contributed by atoms with Crippen LogP contribution in [-0.2, 0) is 10.0 Å². The highest BCUT2D eigenvalue weighted by atomic mass is 32.2. The van der Waals surface area contributed by atoms with E-state index in [2.05, 4.69) is 4.72 Å². The number of likely N-dealkylation sites (N-methyl/N-ethyl adjacent to an activating group) is 1. The minimum atomic E-state index is -3.40. The predicted octanol–water partition coefficient (Wildman–Crippen LogP) is 1.72. The van der Waals surface area contributed by atoms with Crippen molar-refractivity contribution in [3.05, 3.63) is 24.3 Å². The maximum absolute atomic E-state index is 12.1. The standard InChI is InChI=1S/C15H24N2O3S/c1-4-17(11-15(2,3)18)13-7-9-14(10-8-13)21(19,20)16-12-5-6-12/h7-10,12,16,18H,4-6,11H2,1-3H3. The lowest BCUT2D eigenvalue weighted by Gasteiger charge is -2.30. The molecule has 5 nitrogen and oxygen atoms in total. The Bertz CT molecular complexity index is 572. The van der Waals surface area contributed by atoms with E-state index in [-0.39, 0.29) is 10.9 Å². The quantitative estimate of drug-likeness (QED) is 0.804. The third-order valence-electron chi connectivity index (χ3n) is 3.37. The molecule has 0 amide bonds. The summed E-state index contributed by atoms with van der Waals surface area (Å²) >= 11 is 0. The molecule has 1 aliphatic rings. The third-order valence-corrected chi connectivity index (χ3v) is 4.91. The molecule has 0 atom stereocenters. The minimum absolute atomic E-state index is 0.108. The van der Waals surface area contributed by atoms with Crippen LogP contribution in [0.2, 0.25) is 0 Å². The van der Waals surface area contributed by atoms with Crippen LogP contribution < -0.4 is 9.62 Å². The molecule has 6 heteroatoms. The van der Waals surface area contributed by atoms with Gasteiger partial charge in [0.15, 0.2) is 0 Å². The van der Waals surface area contributed by atoms with Crippen molar-refractivity contribution in [2.24, 2.45) is 0 Å². The molecular formula is C15H24N2O3S. The summed E-state index contributed by atoms with van der Waals surface area (Å²) in [4.78, 5) is 2.31. The normalized spacial score (nSPS) is 16.0. The molecule has 2 rings (SSSR count). The summed E-state index contributed by atoms with van der Waals surface area (Å²) in [5, 5.41) is 9.92. The SMILES string of the molecule is CCN(CC(C)(C)O)c1ccc(S(=O)(=O)NC2CC2)cc1. The Kier molecular flexibility index (Phi) is 4.60. The summed E-state index contributed by atoms with van der Waals surface area (Å²) in [6.45, 7) is 6.76. The Balaban J connectivity index is 2.13. The van der Waals surface area contributed by atoms with E-state index >= 15 is 0 Å². The zero-order chi connectivity index (χ0) is 15.7. The van der Waals surface area contributed by atoms with Gasteiger partial charge in [-0.25, -0.2) is 13.1 Å². The van der Waals surface area contributed by atoms with Gasteiger partial charge >= 0.3 is 0 Å². The molecule has 118 valence electrons. The van der Waals surface area contributed by atoms with E-state index in [1.54, 1.807) is 38.1 Å². The molecule has 0 aromatic heterocycles. The Morgan fingerprint density at radius 1 is 1.29 bits per heavy atom. The van der Waals surface area contributed by atoms with Gasteiger partial charge in [-0.15, -0.1) is 0 Å². The monoisotopic (exact) mass is 312 g/mol. The molecule has 1 fully saturated rings. The summed E-state index contributed by atoms with van der Waals surface area (Å²) in [7, 11) is -3.40. The van der Waals surface area contributed by atoms with Gasteiger partial charge < -0.3 is 10.0 Å². The summed E-state index contributed by atoms with van der Waals surface area (Å²) < 4.78 is 26.9. The first-order valence-corrected chi connectivity index (χ1v) is 8.79. The highest BCUT2D eigenvalue weighted by molar-refractivity contribution is 7.89. The van der Waals surface area contributed by atoms with Crippen LogP contribution in [0.3, 0.4) is 0 Å². The number of sulfonamides is 1. The number of nitrogens with zero attached hydrogens (tertiary/aromatic N) is 1. The van der Waals surface area contributed by atoms with Gasteiger partial charge in [-0.1, -0.05) is 0 Å². The van der Waals surface area contributed by atoms with Gasteiger partial charge in [0.05, 0.1) is 10.5 Å². The van der Waals surface area contributed by atoms with Gasteiger partial charge in [0, 0.05) is 24.8 Å². The van der Waals surface area contributed by atoms with Crippen molar-refractivity contribution in [1.29, 1.82) is 0 Å². The fraction of sp³-hybridized carbons (Fsp3) is 0.600. The lowest BCUT2D eigenvalue weighted by molar-refractivity contribution is 0.0876. The van der Waals surface area contributed by atoms with Crippen LogP contribution in [0.25, 0.3) is 0 Å². The van der Waals surface area contributed by atoms with E-state index in [1.165, 1.54) is 0 Å². The van der Waals surface area contributed by atoms with E-state index in [0.29, 0.717) is 6.54 Å². The van der Waals surface area contributed by atoms with Crippen molar-refractivity contribution >= 4 is 15.7 Å². The molecule has 0 bridgehead atoms. The molecule has 0 saturated heterocycles. The largest absolute Gasteiger partial charge is 0.389 e. The fourth-order valence-electron chi connectivity index (χ4n) is 2.18. The van der Waals surface area contributed by atoms with Gasteiger partial charge in [-0.2, -0.15) is 0 Å². The van der Waals surface area contributed by atoms with Crippen molar-refractivity contribution in [3.63, 3.8) is 0 Å².